The Kier molecular flexibility index (Phi) is 8.55. The van der Waals surface area contributed by atoms with Crippen LogP contribution in [-0.2, 0) is 0 Å². The second-order valence-corrected chi connectivity index (χ2v) is 10.4. The molecule has 1 saturated heterocycles. The zero-order valence-electron chi connectivity index (χ0n) is 19.4. The molecule has 1 aliphatic rings. The number of thiophene rings is 1. The van der Waals surface area contributed by atoms with Gasteiger partial charge in [-0.05, 0) is 67.4 Å². The average Bonchev–Trinajstić information content (AvgIpc) is 3.13. The SMILES string of the molecule is C=CCN1C[C@@H](C)N([C@H](c2cccc(O)c2)c2cc(Br)c(C(=O)N(CC)CC)s2)C[C@@H]1C. The number of rotatable bonds is 8. The fourth-order valence-corrected chi connectivity index (χ4v) is 6.52. The molecule has 3 rings (SSSR count). The summed E-state index contributed by atoms with van der Waals surface area (Å²) < 4.78 is 0.838. The number of carbonyl (C=O) groups excluding carboxylic acids is 1. The van der Waals surface area contributed by atoms with Crippen LogP contribution in [-0.4, -0.2) is 70.5 Å². The molecule has 0 radical (unpaired) electrons. The van der Waals surface area contributed by atoms with Crippen LogP contribution < -0.4 is 0 Å². The predicted molar refractivity (Wildman–Crippen MR) is 137 cm³/mol. The van der Waals surface area contributed by atoms with Gasteiger partial charge in [-0.25, -0.2) is 0 Å². The van der Waals surface area contributed by atoms with Gasteiger partial charge in [-0.15, -0.1) is 17.9 Å². The molecule has 1 amide bonds. The van der Waals surface area contributed by atoms with Crippen molar-refractivity contribution in [2.45, 2.75) is 45.8 Å². The van der Waals surface area contributed by atoms with E-state index in [4.69, 9.17) is 0 Å². The van der Waals surface area contributed by atoms with Crippen LogP contribution >= 0.6 is 27.3 Å². The van der Waals surface area contributed by atoms with E-state index < -0.39 is 0 Å². The molecule has 1 N–H and O–H groups in total. The molecular weight excluding hydrogens is 486 g/mol. The lowest BCUT2D eigenvalue weighted by molar-refractivity contribution is 0.0314. The van der Waals surface area contributed by atoms with Crippen molar-refractivity contribution in [3.05, 3.63) is 62.8 Å². The number of phenols is 1. The highest BCUT2D eigenvalue weighted by molar-refractivity contribution is 9.10. The molecule has 0 aliphatic carbocycles. The molecule has 174 valence electrons. The molecule has 2 aromatic rings. The molecule has 1 fully saturated rings. The summed E-state index contributed by atoms with van der Waals surface area (Å²) in [6.07, 6.45) is 1.97. The van der Waals surface area contributed by atoms with Gasteiger partial charge < -0.3 is 10.0 Å². The number of aromatic hydroxyl groups is 1. The number of piperazine rings is 1. The zero-order valence-corrected chi connectivity index (χ0v) is 21.8. The summed E-state index contributed by atoms with van der Waals surface area (Å²) >= 11 is 5.21. The maximum absolute atomic E-state index is 13.1. The van der Waals surface area contributed by atoms with Gasteiger partial charge >= 0.3 is 0 Å². The summed E-state index contributed by atoms with van der Waals surface area (Å²) in [7, 11) is 0. The van der Waals surface area contributed by atoms with E-state index in [0.717, 1.165) is 39.4 Å². The molecular formula is C25H34BrN3O2S. The lowest BCUT2D eigenvalue weighted by Crippen LogP contribution is -2.57. The van der Waals surface area contributed by atoms with Crippen LogP contribution in [0.15, 0.2) is 47.5 Å². The topological polar surface area (TPSA) is 47.0 Å². The Morgan fingerprint density at radius 3 is 2.62 bits per heavy atom. The summed E-state index contributed by atoms with van der Waals surface area (Å²) in [6, 6.07) is 10.2. The molecule has 0 saturated carbocycles. The molecule has 5 nitrogen and oxygen atoms in total. The first kappa shape index (κ1) is 25.0. The van der Waals surface area contributed by atoms with Gasteiger partial charge in [0.1, 0.15) is 10.6 Å². The summed E-state index contributed by atoms with van der Waals surface area (Å²) in [5.74, 6) is 0.318. The molecule has 0 spiro atoms. The monoisotopic (exact) mass is 519 g/mol. The minimum absolute atomic E-state index is 0.0371. The highest BCUT2D eigenvalue weighted by Crippen LogP contribution is 2.40. The summed E-state index contributed by atoms with van der Waals surface area (Å²) in [5, 5.41) is 10.2. The van der Waals surface area contributed by atoms with Gasteiger partial charge in [0.25, 0.3) is 5.91 Å². The average molecular weight is 521 g/mol. The number of amides is 1. The highest BCUT2D eigenvalue weighted by atomic mass is 79.9. The number of benzene rings is 1. The molecule has 2 heterocycles. The summed E-state index contributed by atoms with van der Waals surface area (Å²) in [6.45, 7) is 16.5. The first-order valence-corrected chi connectivity index (χ1v) is 12.9. The standard InChI is InChI=1S/C25H34BrN3O2S/c1-6-12-28-15-18(5)29(16-17(28)4)23(19-10-9-11-20(30)13-19)22-14-21(26)24(32-22)25(31)27(7-2)8-3/h6,9-11,13-14,17-18,23,30H,1,7-8,12,15-16H2,2-5H3/t17-,18+,23+/m0/s1. The van der Waals surface area contributed by atoms with E-state index in [1.165, 1.54) is 0 Å². The quantitative estimate of drug-likeness (QED) is 0.476. The Morgan fingerprint density at radius 1 is 1.28 bits per heavy atom. The fourth-order valence-electron chi connectivity index (χ4n) is 4.54. The van der Waals surface area contributed by atoms with Crippen LogP contribution in [0.1, 0.15) is 53.8 Å². The summed E-state index contributed by atoms with van der Waals surface area (Å²) in [4.78, 5) is 21.7. The van der Waals surface area contributed by atoms with E-state index in [0.29, 0.717) is 25.2 Å². The van der Waals surface area contributed by atoms with Crippen LogP contribution in [0.3, 0.4) is 0 Å². The Morgan fingerprint density at radius 2 is 2.00 bits per heavy atom. The number of carbonyl (C=O) groups is 1. The molecule has 0 bridgehead atoms. The van der Waals surface area contributed by atoms with E-state index in [-0.39, 0.29) is 17.7 Å². The number of phenolic OH excluding ortho intramolecular Hbond substituents is 1. The lowest BCUT2D eigenvalue weighted by Gasteiger charge is -2.47. The maximum atomic E-state index is 13.1. The van der Waals surface area contributed by atoms with Crippen molar-refractivity contribution < 1.29 is 9.90 Å². The van der Waals surface area contributed by atoms with Crippen molar-refractivity contribution >= 4 is 33.2 Å². The first-order chi connectivity index (χ1) is 15.3. The van der Waals surface area contributed by atoms with Crippen LogP contribution in [0.4, 0.5) is 0 Å². The van der Waals surface area contributed by atoms with Crippen molar-refractivity contribution in [1.29, 1.82) is 0 Å². The van der Waals surface area contributed by atoms with Crippen LogP contribution in [0.5, 0.6) is 5.75 Å². The Bertz CT molecular complexity index is 943. The van der Waals surface area contributed by atoms with Crippen LogP contribution in [0, 0.1) is 0 Å². The third-order valence-corrected chi connectivity index (χ3v) is 8.33. The van der Waals surface area contributed by atoms with E-state index in [1.54, 1.807) is 17.4 Å². The zero-order chi connectivity index (χ0) is 23.4. The predicted octanol–water partition coefficient (Wildman–Crippen LogP) is 5.37. The van der Waals surface area contributed by atoms with Crippen molar-refractivity contribution in [3.63, 3.8) is 0 Å². The number of halogens is 1. The van der Waals surface area contributed by atoms with Gasteiger partial charge in [0.2, 0.25) is 0 Å². The van der Waals surface area contributed by atoms with Gasteiger partial charge in [-0.2, -0.15) is 0 Å². The van der Waals surface area contributed by atoms with Gasteiger partial charge in [0.15, 0.2) is 0 Å². The Balaban J connectivity index is 2.03. The van der Waals surface area contributed by atoms with Crippen molar-refractivity contribution in [1.82, 2.24) is 14.7 Å². The van der Waals surface area contributed by atoms with Crippen LogP contribution in [0.2, 0.25) is 0 Å². The van der Waals surface area contributed by atoms with E-state index in [1.807, 2.05) is 37.0 Å². The molecule has 1 aliphatic heterocycles. The maximum Gasteiger partial charge on any atom is 0.265 e. The number of hydrogen-bond acceptors (Lipinski definition) is 5. The number of nitrogens with zero attached hydrogens (tertiary/aromatic N) is 3. The van der Waals surface area contributed by atoms with Crippen molar-refractivity contribution in [3.8, 4) is 5.75 Å². The second-order valence-electron chi connectivity index (χ2n) is 8.44. The Hall–Kier alpha value is -1.67. The van der Waals surface area contributed by atoms with Gasteiger partial charge in [0, 0.05) is 54.2 Å². The van der Waals surface area contributed by atoms with Gasteiger partial charge in [-0.3, -0.25) is 14.6 Å². The first-order valence-electron chi connectivity index (χ1n) is 11.3. The molecule has 1 aromatic carbocycles. The van der Waals surface area contributed by atoms with Gasteiger partial charge in [-0.1, -0.05) is 18.2 Å². The highest BCUT2D eigenvalue weighted by Gasteiger charge is 2.36. The Labute approximate surface area is 204 Å². The van der Waals surface area contributed by atoms with Crippen molar-refractivity contribution in [2.75, 3.05) is 32.7 Å². The van der Waals surface area contributed by atoms with E-state index in [2.05, 4.69) is 58.3 Å². The van der Waals surface area contributed by atoms with E-state index in [9.17, 15) is 9.90 Å². The lowest BCUT2D eigenvalue weighted by atomic mass is 9.98. The third kappa shape index (κ3) is 5.28. The minimum atomic E-state index is -0.0371. The van der Waals surface area contributed by atoms with Gasteiger partial charge in [0.05, 0.1) is 6.04 Å². The smallest absolute Gasteiger partial charge is 0.265 e. The van der Waals surface area contributed by atoms with E-state index >= 15 is 0 Å². The molecule has 32 heavy (non-hydrogen) atoms. The molecule has 3 atom stereocenters. The molecule has 0 unspecified atom stereocenters. The minimum Gasteiger partial charge on any atom is -0.508 e. The second kappa shape index (κ2) is 11.0. The van der Waals surface area contributed by atoms with Crippen LogP contribution in [0.25, 0.3) is 0 Å². The van der Waals surface area contributed by atoms with Crippen molar-refractivity contribution in [2.24, 2.45) is 0 Å². The molecule has 1 aromatic heterocycles. The fraction of sp³-hybridized carbons (Fsp3) is 0.480. The molecule has 7 heteroatoms. The summed E-state index contributed by atoms with van der Waals surface area (Å²) in [5.41, 5.74) is 1.04. The number of hydrogen-bond donors (Lipinski definition) is 1. The largest absolute Gasteiger partial charge is 0.508 e. The normalized spacial score (nSPS) is 20.8. The third-order valence-electron chi connectivity index (χ3n) is 6.26.